The van der Waals surface area contributed by atoms with Crippen molar-refractivity contribution in [1.29, 1.82) is 0 Å². The maximum Gasteiger partial charge on any atom is 0.307 e. The Hall–Kier alpha value is -1.80. The van der Waals surface area contributed by atoms with Crippen molar-refractivity contribution in [3.8, 4) is 0 Å². The minimum absolute atomic E-state index is 0.104. The molecule has 1 rings (SSSR count). The highest BCUT2D eigenvalue weighted by molar-refractivity contribution is 7.89. The Balaban J connectivity index is 2.75. The molecule has 0 amide bonds. The SMILES string of the molecule is CCOC(=O)CCNc1cc(S(=O)(=O)NC)ccc1N. The molecule has 1 aromatic rings. The molecular formula is C12H19N3O4S. The van der Waals surface area contributed by atoms with Gasteiger partial charge in [0.05, 0.1) is 29.3 Å². The van der Waals surface area contributed by atoms with Gasteiger partial charge in [0.1, 0.15) is 0 Å². The minimum Gasteiger partial charge on any atom is -0.466 e. The minimum atomic E-state index is -3.52. The third kappa shape index (κ3) is 4.39. The summed E-state index contributed by atoms with van der Waals surface area (Å²) in [6.07, 6.45) is 0.177. The number of carbonyl (C=O) groups excluding carboxylic acids is 1. The lowest BCUT2D eigenvalue weighted by atomic mass is 10.2. The molecule has 1 aromatic carbocycles. The van der Waals surface area contributed by atoms with E-state index in [2.05, 4.69) is 10.0 Å². The molecule has 0 saturated carbocycles. The Bertz CT molecular complexity index is 572. The van der Waals surface area contributed by atoms with E-state index in [1.165, 1.54) is 25.2 Å². The van der Waals surface area contributed by atoms with Crippen LogP contribution in [0.25, 0.3) is 0 Å². The van der Waals surface area contributed by atoms with E-state index in [1.54, 1.807) is 6.92 Å². The Morgan fingerprint density at radius 1 is 1.40 bits per heavy atom. The molecule has 0 atom stereocenters. The Kier molecular flexibility index (Phi) is 5.78. The van der Waals surface area contributed by atoms with Gasteiger partial charge >= 0.3 is 5.97 Å². The van der Waals surface area contributed by atoms with Crippen LogP contribution in [0.4, 0.5) is 11.4 Å². The van der Waals surface area contributed by atoms with Gasteiger partial charge in [0, 0.05) is 6.54 Å². The van der Waals surface area contributed by atoms with E-state index < -0.39 is 10.0 Å². The average molecular weight is 301 g/mol. The molecule has 0 spiro atoms. The van der Waals surface area contributed by atoms with Crippen LogP contribution >= 0.6 is 0 Å². The summed E-state index contributed by atoms with van der Waals surface area (Å²) in [5.74, 6) is -0.322. The predicted octanol–water partition coefficient (Wildman–Crippen LogP) is 0.542. The van der Waals surface area contributed by atoms with Gasteiger partial charge in [0.2, 0.25) is 10.0 Å². The normalized spacial score (nSPS) is 11.1. The van der Waals surface area contributed by atoms with Crippen molar-refractivity contribution >= 4 is 27.4 Å². The molecule has 0 aliphatic heterocycles. The quantitative estimate of drug-likeness (QED) is 0.501. The first-order valence-corrected chi connectivity index (χ1v) is 7.61. The number of esters is 1. The first-order chi connectivity index (χ1) is 9.40. The van der Waals surface area contributed by atoms with Crippen molar-refractivity contribution in [1.82, 2.24) is 4.72 Å². The monoisotopic (exact) mass is 301 g/mol. The zero-order valence-corrected chi connectivity index (χ0v) is 12.3. The number of hydrogen-bond donors (Lipinski definition) is 3. The van der Waals surface area contributed by atoms with Crippen molar-refractivity contribution in [3.05, 3.63) is 18.2 Å². The van der Waals surface area contributed by atoms with Gasteiger partial charge in [-0.05, 0) is 32.2 Å². The molecule has 0 unspecified atom stereocenters. The third-order valence-electron chi connectivity index (χ3n) is 2.55. The summed E-state index contributed by atoms with van der Waals surface area (Å²) in [6, 6.07) is 4.33. The number of ether oxygens (including phenoxy) is 1. The highest BCUT2D eigenvalue weighted by Crippen LogP contribution is 2.22. The van der Waals surface area contributed by atoms with Crippen LogP contribution in [0.2, 0.25) is 0 Å². The molecule has 0 radical (unpaired) electrons. The smallest absolute Gasteiger partial charge is 0.307 e. The van der Waals surface area contributed by atoms with Crippen molar-refractivity contribution in [2.75, 3.05) is 31.2 Å². The fourth-order valence-corrected chi connectivity index (χ4v) is 2.26. The lowest BCUT2D eigenvalue weighted by Gasteiger charge is -2.11. The summed E-state index contributed by atoms with van der Waals surface area (Å²) in [6.45, 7) is 2.37. The van der Waals surface area contributed by atoms with Gasteiger partial charge < -0.3 is 15.8 Å². The van der Waals surface area contributed by atoms with Crippen LogP contribution in [0.3, 0.4) is 0 Å². The van der Waals surface area contributed by atoms with Gasteiger partial charge in [-0.25, -0.2) is 13.1 Å². The standard InChI is InChI=1S/C12H19N3O4S/c1-3-19-12(16)6-7-15-11-8-9(4-5-10(11)13)20(17,18)14-2/h4-5,8,14-15H,3,6-7,13H2,1-2H3. The Morgan fingerprint density at radius 3 is 2.70 bits per heavy atom. The molecular weight excluding hydrogens is 282 g/mol. The number of rotatable bonds is 7. The highest BCUT2D eigenvalue weighted by Gasteiger charge is 2.13. The molecule has 0 aromatic heterocycles. The van der Waals surface area contributed by atoms with Gasteiger partial charge in [-0.1, -0.05) is 0 Å². The fourth-order valence-electron chi connectivity index (χ4n) is 1.51. The molecule has 8 heteroatoms. The summed E-state index contributed by atoms with van der Waals surface area (Å²) in [4.78, 5) is 11.3. The molecule has 0 bridgehead atoms. The fraction of sp³-hybridized carbons (Fsp3) is 0.417. The number of sulfonamides is 1. The van der Waals surface area contributed by atoms with Gasteiger partial charge in [-0.3, -0.25) is 4.79 Å². The van der Waals surface area contributed by atoms with E-state index >= 15 is 0 Å². The third-order valence-corrected chi connectivity index (χ3v) is 3.97. The number of nitrogen functional groups attached to an aromatic ring is 1. The summed E-state index contributed by atoms with van der Waals surface area (Å²) >= 11 is 0. The second kappa shape index (κ2) is 7.11. The van der Waals surface area contributed by atoms with Crippen molar-refractivity contribution in [2.24, 2.45) is 0 Å². The van der Waals surface area contributed by atoms with Gasteiger partial charge in [0.25, 0.3) is 0 Å². The maximum absolute atomic E-state index is 11.7. The van der Waals surface area contributed by atoms with E-state index in [9.17, 15) is 13.2 Å². The van der Waals surface area contributed by atoms with Crippen LogP contribution < -0.4 is 15.8 Å². The largest absolute Gasteiger partial charge is 0.466 e. The number of benzene rings is 1. The molecule has 20 heavy (non-hydrogen) atoms. The molecule has 7 nitrogen and oxygen atoms in total. The van der Waals surface area contributed by atoms with E-state index in [4.69, 9.17) is 10.5 Å². The van der Waals surface area contributed by atoms with Crippen LogP contribution in [0.5, 0.6) is 0 Å². The first kappa shape index (κ1) is 16.3. The summed E-state index contributed by atoms with van der Waals surface area (Å²) in [7, 11) is -2.19. The molecule has 0 heterocycles. The zero-order valence-electron chi connectivity index (χ0n) is 11.5. The maximum atomic E-state index is 11.7. The number of anilines is 2. The topological polar surface area (TPSA) is 111 Å². The van der Waals surface area contributed by atoms with Gasteiger partial charge in [-0.15, -0.1) is 0 Å². The molecule has 0 fully saturated rings. The summed E-state index contributed by atoms with van der Waals surface area (Å²) < 4.78 is 30.4. The molecule has 112 valence electrons. The molecule has 0 saturated heterocycles. The van der Waals surface area contributed by atoms with Crippen molar-refractivity contribution in [2.45, 2.75) is 18.2 Å². The number of carbonyl (C=O) groups is 1. The van der Waals surface area contributed by atoms with Crippen LogP contribution in [0, 0.1) is 0 Å². The number of hydrogen-bond acceptors (Lipinski definition) is 6. The molecule has 0 aliphatic rings. The van der Waals surface area contributed by atoms with E-state index in [0.29, 0.717) is 24.5 Å². The predicted molar refractivity (Wildman–Crippen MR) is 76.8 cm³/mol. The van der Waals surface area contributed by atoms with Crippen molar-refractivity contribution < 1.29 is 17.9 Å². The highest BCUT2D eigenvalue weighted by atomic mass is 32.2. The molecule has 4 N–H and O–H groups in total. The lowest BCUT2D eigenvalue weighted by Crippen LogP contribution is -2.19. The van der Waals surface area contributed by atoms with Gasteiger partial charge in [0.15, 0.2) is 0 Å². The number of nitrogens with two attached hydrogens (primary N) is 1. The Labute approximate surface area is 118 Å². The lowest BCUT2D eigenvalue weighted by molar-refractivity contribution is -0.142. The van der Waals surface area contributed by atoms with Crippen LogP contribution in [0.1, 0.15) is 13.3 Å². The Morgan fingerprint density at radius 2 is 2.10 bits per heavy atom. The van der Waals surface area contributed by atoms with E-state index in [-0.39, 0.29) is 17.3 Å². The zero-order chi connectivity index (χ0) is 15.2. The van der Waals surface area contributed by atoms with Gasteiger partial charge in [-0.2, -0.15) is 0 Å². The van der Waals surface area contributed by atoms with Crippen molar-refractivity contribution in [3.63, 3.8) is 0 Å². The summed E-state index contributed by atoms with van der Waals surface area (Å²) in [5.41, 5.74) is 6.63. The molecule has 0 aliphatic carbocycles. The van der Waals surface area contributed by atoms with E-state index in [0.717, 1.165) is 0 Å². The summed E-state index contributed by atoms with van der Waals surface area (Å²) in [5, 5.41) is 2.92. The van der Waals surface area contributed by atoms with E-state index in [1.807, 2.05) is 0 Å². The van der Waals surface area contributed by atoms with Crippen LogP contribution in [0.15, 0.2) is 23.1 Å². The number of nitrogens with one attached hydrogen (secondary N) is 2. The first-order valence-electron chi connectivity index (χ1n) is 6.13. The second-order valence-corrected chi connectivity index (χ2v) is 5.82. The van der Waals surface area contributed by atoms with Crippen LogP contribution in [-0.4, -0.2) is 34.6 Å². The average Bonchev–Trinajstić information content (AvgIpc) is 2.41. The second-order valence-electron chi connectivity index (χ2n) is 3.94. The van der Waals surface area contributed by atoms with Crippen LogP contribution in [-0.2, 0) is 19.6 Å².